The van der Waals surface area contributed by atoms with Crippen LogP contribution >= 0.6 is 0 Å². The molecule has 2 aromatic rings. The third-order valence-corrected chi connectivity index (χ3v) is 5.03. The molecule has 0 spiro atoms. The van der Waals surface area contributed by atoms with E-state index in [0.29, 0.717) is 36.1 Å². The molecular formula is C24H23F3O4. The van der Waals surface area contributed by atoms with Crippen molar-refractivity contribution in [3.05, 3.63) is 64.2 Å². The molecule has 0 unspecified atom stereocenters. The number of hydrogen-bond acceptors (Lipinski definition) is 3. The first-order valence-electron chi connectivity index (χ1n) is 10.1. The number of phenolic OH excluding ortho intramolecular Hbond substituents is 1. The summed E-state index contributed by atoms with van der Waals surface area (Å²) in [6.45, 7) is 1.40. The van der Waals surface area contributed by atoms with Gasteiger partial charge in [0.25, 0.3) is 0 Å². The van der Waals surface area contributed by atoms with Crippen LogP contribution in [0.4, 0.5) is 13.2 Å². The van der Waals surface area contributed by atoms with Crippen molar-refractivity contribution in [3.8, 4) is 17.6 Å². The number of phenols is 1. The van der Waals surface area contributed by atoms with Crippen molar-refractivity contribution in [1.29, 1.82) is 0 Å². The number of aryl methyl sites for hydroxylation is 1. The lowest BCUT2D eigenvalue weighted by atomic mass is 9.98. The molecule has 2 N–H and O–H groups in total. The van der Waals surface area contributed by atoms with E-state index in [1.807, 2.05) is 0 Å². The van der Waals surface area contributed by atoms with Gasteiger partial charge < -0.3 is 14.9 Å². The number of alkyl halides is 3. The summed E-state index contributed by atoms with van der Waals surface area (Å²) in [5.74, 6) is 4.40. The first kappa shape index (κ1) is 22.7. The molecule has 31 heavy (non-hydrogen) atoms. The Morgan fingerprint density at radius 1 is 1.06 bits per heavy atom. The van der Waals surface area contributed by atoms with Crippen LogP contribution in [0.5, 0.6) is 5.75 Å². The van der Waals surface area contributed by atoms with Gasteiger partial charge in [-0.05, 0) is 80.0 Å². The lowest BCUT2D eigenvalue weighted by Gasteiger charge is -2.10. The van der Waals surface area contributed by atoms with Gasteiger partial charge in [-0.1, -0.05) is 11.8 Å². The maximum absolute atomic E-state index is 13.2. The Labute approximate surface area is 178 Å². The van der Waals surface area contributed by atoms with Crippen molar-refractivity contribution in [1.82, 2.24) is 0 Å². The summed E-state index contributed by atoms with van der Waals surface area (Å²) in [7, 11) is 0. The number of halogens is 3. The quantitative estimate of drug-likeness (QED) is 0.441. The zero-order valence-electron chi connectivity index (χ0n) is 16.8. The molecule has 0 radical (unpaired) electrons. The van der Waals surface area contributed by atoms with Gasteiger partial charge in [-0.2, -0.15) is 13.2 Å². The van der Waals surface area contributed by atoms with Crippen LogP contribution in [-0.4, -0.2) is 29.4 Å². The molecule has 164 valence electrons. The lowest BCUT2D eigenvalue weighted by molar-refractivity contribution is -0.137. The lowest BCUT2D eigenvalue weighted by Crippen LogP contribution is -2.07. The highest BCUT2D eigenvalue weighted by molar-refractivity contribution is 5.88. The van der Waals surface area contributed by atoms with Crippen LogP contribution in [0.25, 0.3) is 0 Å². The van der Waals surface area contributed by atoms with Gasteiger partial charge in [-0.25, -0.2) is 4.79 Å². The highest BCUT2D eigenvalue weighted by atomic mass is 19.4. The predicted octanol–water partition coefficient (Wildman–Crippen LogP) is 5.26. The number of carboxylic acids is 1. The summed E-state index contributed by atoms with van der Waals surface area (Å²) in [6, 6.07) is 7.32. The van der Waals surface area contributed by atoms with Gasteiger partial charge in [-0.15, -0.1) is 0 Å². The number of aromatic carboxylic acids is 1. The molecule has 1 aliphatic rings. The van der Waals surface area contributed by atoms with E-state index in [2.05, 4.69) is 11.8 Å². The topological polar surface area (TPSA) is 66.8 Å². The first-order chi connectivity index (χ1) is 14.7. The summed E-state index contributed by atoms with van der Waals surface area (Å²) in [5.41, 5.74) is -0.0262. The molecule has 0 saturated heterocycles. The maximum atomic E-state index is 13.2. The van der Waals surface area contributed by atoms with E-state index in [1.54, 1.807) is 0 Å². The van der Waals surface area contributed by atoms with Crippen molar-refractivity contribution < 1.29 is 32.9 Å². The molecule has 2 aromatic carbocycles. The number of unbranched alkanes of at least 4 members (excludes halogenated alkanes) is 1. The van der Waals surface area contributed by atoms with Gasteiger partial charge in [0.1, 0.15) is 5.75 Å². The standard InChI is InChI=1S/C24H23F3O4/c25-24(26,27)22-14-21(28)11-10-18(22)8-6-17-7-9-20(23(29)30)13-19(17)3-1-2-12-31-15-16-4-5-16/h7,9-11,13-14,16,28H,1-5,12,15H2,(H,29,30). The fraction of sp³-hybridized carbons (Fsp3) is 0.375. The molecule has 0 aromatic heterocycles. The van der Waals surface area contributed by atoms with Crippen molar-refractivity contribution in [2.45, 2.75) is 38.3 Å². The van der Waals surface area contributed by atoms with Crippen molar-refractivity contribution in [2.24, 2.45) is 5.92 Å². The zero-order valence-corrected chi connectivity index (χ0v) is 16.8. The van der Waals surface area contributed by atoms with Crippen LogP contribution < -0.4 is 0 Å². The third kappa shape index (κ3) is 6.76. The van der Waals surface area contributed by atoms with Crippen LogP contribution in [0.3, 0.4) is 0 Å². The highest BCUT2D eigenvalue weighted by Gasteiger charge is 2.33. The van der Waals surface area contributed by atoms with Crippen LogP contribution in [-0.2, 0) is 17.3 Å². The minimum Gasteiger partial charge on any atom is -0.508 e. The summed E-state index contributed by atoms with van der Waals surface area (Å²) in [6.07, 6.45) is -0.121. The molecule has 0 aliphatic heterocycles. The Hall–Kier alpha value is -2.98. The van der Waals surface area contributed by atoms with Gasteiger partial charge in [0.2, 0.25) is 0 Å². The van der Waals surface area contributed by atoms with Crippen LogP contribution in [0.15, 0.2) is 36.4 Å². The monoisotopic (exact) mass is 432 g/mol. The van der Waals surface area contributed by atoms with Gasteiger partial charge >= 0.3 is 12.1 Å². The molecule has 1 fully saturated rings. The smallest absolute Gasteiger partial charge is 0.417 e. The predicted molar refractivity (Wildman–Crippen MR) is 109 cm³/mol. The van der Waals surface area contributed by atoms with E-state index < -0.39 is 23.5 Å². The Bertz CT molecular complexity index is 998. The number of aromatic hydroxyl groups is 1. The molecule has 0 heterocycles. The average Bonchev–Trinajstić information content (AvgIpc) is 3.53. The van der Waals surface area contributed by atoms with E-state index >= 15 is 0 Å². The average molecular weight is 432 g/mol. The van der Waals surface area contributed by atoms with Gasteiger partial charge in [-0.3, -0.25) is 0 Å². The molecular weight excluding hydrogens is 409 g/mol. The number of benzene rings is 2. The molecule has 1 saturated carbocycles. The normalized spacial score (nSPS) is 13.5. The SMILES string of the molecule is O=C(O)c1ccc(C#Cc2ccc(O)cc2C(F)(F)F)c(CCCCOCC2CC2)c1. The Morgan fingerprint density at radius 3 is 2.45 bits per heavy atom. The van der Waals surface area contributed by atoms with E-state index in [4.69, 9.17) is 4.74 Å². The molecule has 0 amide bonds. The molecule has 4 nitrogen and oxygen atoms in total. The van der Waals surface area contributed by atoms with Gasteiger partial charge in [0, 0.05) is 24.3 Å². The van der Waals surface area contributed by atoms with Crippen LogP contribution in [0, 0.1) is 17.8 Å². The second kappa shape index (κ2) is 9.88. The second-order valence-corrected chi connectivity index (χ2v) is 7.63. The molecule has 1 aliphatic carbocycles. The molecule has 3 rings (SSSR count). The summed E-state index contributed by atoms with van der Waals surface area (Å²) >= 11 is 0. The Kier molecular flexibility index (Phi) is 7.24. The van der Waals surface area contributed by atoms with Crippen LogP contribution in [0.1, 0.15) is 58.3 Å². The Morgan fingerprint density at radius 2 is 1.77 bits per heavy atom. The molecule has 0 atom stereocenters. The highest BCUT2D eigenvalue weighted by Crippen LogP contribution is 2.34. The fourth-order valence-electron chi connectivity index (χ4n) is 3.12. The number of ether oxygens (including phenoxy) is 1. The van der Waals surface area contributed by atoms with Gasteiger partial charge in [0.05, 0.1) is 11.1 Å². The maximum Gasteiger partial charge on any atom is 0.417 e. The summed E-state index contributed by atoms with van der Waals surface area (Å²) in [4.78, 5) is 11.3. The number of carboxylic acid groups (broad SMARTS) is 1. The van der Waals surface area contributed by atoms with Crippen molar-refractivity contribution >= 4 is 5.97 Å². The summed E-state index contributed by atoms with van der Waals surface area (Å²) < 4.78 is 45.3. The van der Waals surface area contributed by atoms with E-state index in [1.165, 1.54) is 31.0 Å². The largest absolute Gasteiger partial charge is 0.508 e. The minimum atomic E-state index is -4.65. The number of rotatable bonds is 8. The van der Waals surface area contributed by atoms with E-state index in [0.717, 1.165) is 31.6 Å². The molecule has 7 heteroatoms. The zero-order chi connectivity index (χ0) is 22.4. The second-order valence-electron chi connectivity index (χ2n) is 7.63. The minimum absolute atomic E-state index is 0.103. The number of hydrogen-bond donors (Lipinski definition) is 2. The van der Waals surface area contributed by atoms with E-state index in [9.17, 15) is 28.2 Å². The summed E-state index contributed by atoms with van der Waals surface area (Å²) in [5, 5.41) is 18.6. The van der Waals surface area contributed by atoms with Crippen LogP contribution in [0.2, 0.25) is 0 Å². The third-order valence-electron chi connectivity index (χ3n) is 5.03. The first-order valence-corrected chi connectivity index (χ1v) is 10.1. The van der Waals surface area contributed by atoms with Gasteiger partial charge in [0.15, 0.2) is 0 Å². The van der Waals surface area contributed by atoms with E-state index in [-0.39, 0.29) is 11.1 Å². The van der Waals surface area contributed by atoms with Crippen molar-refractivity contribution in [3.63, 3.8) is 0 Å². The fourth-order valence-corrected chi connectivity index (χ4v) is 3.12. The van der Waals surface area contributed by atoms with Crippen molar-refractivity contribution in [2.75, 3.05) is 13.2 Å². The Balaban J connectivity index is 1.77. The number of carbonyl (C=O) groups is 1. The molecule has 0 bridgehead atoms.